The molecule has 0 aliphatic rings. The third-order valence-electron chi connectivity index (χ3n) is 4.59. The zero-order valence-electron chi connectivity index (χ0n) is 15.8. The Hall–Kier alpha value is -3.86. The van der Waals surface area contributed by atoms with Gasteiger partial charge in [-0.15, -0.1) is 0 Å². The standard InChI is InChI=1S/C24H19NO4/c1-28-19-10-7-17(8-11-19)23-15-21(26)20-14-18(9-12-22(20)29-23)25-24(27)13-16-5-3-2-4-6-16/h2-12,14-15H,13H2,1H3,(H,25,27). The summed E-state index contributed by atoms with van der Waals surface area (Å²) in [6, 6.07) is 23.3. The molecule has 29 heavy (non-hydrogen) atoms. The van der Waals surface area contributed by atoms with E-state index in [-0.39, 0.29) is 17.8 Å². The van der Waals surface area contributed by atoms with Gasteiger partial charge in [-0.1, -0.05) is 30.3 Å². The Morgan fingerprint density at radius 1 is 0.966 bits per heavy atom. The number of benzene rings is 3. The van der Waals surface area contributed by atoms with E-state index in [1.54, 1.807) is 25.3 Å². The van der Waals surface area contributed by atoms with Gasteiger partial charge < -0.3 is 14.5 Å². The first kappa shape index (κ1) is 18.5. The maximum atomic E-state index is 12.6. The maximum absolute atomic E-state index is 12.6. The van der Waals surface area contributed by atoms with Crippen molar-refractivity contribution in [3.05, 3.63) is 94.6 Å². The van der Waals surface area contributed by atoms with Crippen LogP contribution in [-0.4, -0.2) is 13.0 Å². The van der Waals surface area contributed by atoms with Crippen LogP contribution in [0.3, 0.4) is 0 Å². The predicted octanol–water partition coefficient (Wildman–Crippen LogP) is 4.65. The van der Waals surface area contributed by atoms with E-state index in [2.05, 4.69) is 5.32 Å². The molecule has 0 unspecified atom stereocenters. The van der Waals surface area contributed by atoms with Crippen LogP contribution in [0.1, 0.15) is 5.56 Å². The van der Waals surface area contributed by atoms with Gasteiger partial charge in [-0.25, -0.2) is 0 Å². The normalized spacial score (nSPS) is 10.7. The molecule has 0 fully saturated rings. The van der Waals surface area contributed by atoms with Crippen molar-refractivity contribution in [3.8, 4) is 17.1 Å². The van der Waals surface area contributed by atoms with Crippen LogP contribution in [0.4, 0.5) is 5.69 Å². The lowest BCUT2D eigenvalue weighted by molar-refractivity contribution is -0.115. The third-order valence-corrected chi connectivity index (χ3v) is 4.59. The maximum Gasteiger partial charge on any atom is 0.228 e. The molecule has 1 N–H and O–H groups in total. The highest BCUT2D eigenvalue weighted by molar-refractivity contribution is 5.94. The Morgan fingerprint density at radius 3 is 2.45 bits per heavy atom. The number of amides is 1. The van der Waals surface area contributed by atoms with Gasteiger partial charge in [-0.2, -0.15) is 0 Å². The second-order valence-corrected chi connectivity index (χ2v) is 6.62. The van der Waals surface area contributed by atoms with Gasteiger partial charge in [0.2, 0.25) is 5.91 Å². The molecule has 0 radical (unpaired) electrons. The SMILES string of the molecule is COc1ccc(-c2cc(=O)c3cc(NC(=O)Cc4ccccc4)ccc3o2)cc1. The van der Waals surface area contributed by atoms with Gasteiger partial charge in [0.1, 0.15) is 17.1 Å². The summed E-state index contributed by atoms with van der Waals surface area (Å²) in [6.07, 6.45) is 0.268. The average Bonchev–Trinajstić information content (AvgIpc) is 2.75. The fraction of sp³-hybridized carbons (Fsp3) is 0.0833. The number of carbonyl (C=O) groups excluding carboxylic acids is 1. The molecule has 0 bridgehead atoms. The molecule has 3 aromatic carbocycles. The number of rotatable bonds is 5. The smallest absolute Gasteiger partial charge is 0.228 e. The van der Waals surface area contributed by atoms with E-state index in [4.69, 9.17) is 9.15 Å². The van der Waals surface area contributed by atoms with Crippen molar-refractivity contribution in [2.45, 2.75) is 6.42 Å². The first-order chi connectivity index (χ1) is 14.1. The molecule has 144 valence electrons. The highest BCUT2D eigenvalue weighted by Gasteiger charge is 2.10. The fourth-order valence-electron chi connectivity index (χ4n) is 3.12. The Kier molecular flexibility index (Phi) is 5.12. The van der Waals surface area contributed by atoms with Gasteiger partial charge in [0.05, 0.1) is 18.9 Å². The van der Waals surface area contributed by atoms with Crippen LogP contribution in [0.25, 0.3) is 22.3 Å². The van der Waals surface area contributed by atoms with Crippen molar-refractivity contribution < 1.29 is 13.9 Å². The van der Waals surface area contributed by atoms with Crippen molar-refractivity contribution in [2.24, 2.45) is 0 Å². The van der Waals surface area contributed by atoms with E-state index >= 15 is 0 Å². The van der Waals surface area contributed by atoms with Crippen molar-refractivity contribution in [1.82, 2.24) is 0 Å². The summed E-state index contributed by atoms with van der Waals surface area (Å²) < 4.78 is 11.1. The molecule has 0 saturated heterocycles. The number of ether oxygens (including phenoxy) is 1. The number of carbonyl (C=O) groups is 1. The Morgan fingerprint density at radius 2 is 1.72 bits per heavy atom. The van der Waals surface area contributed by atoms with Crippen molar-refractivity contribution in [2.75, 3.05) is 12.4 Å². The Bertz CT molecular complexity index is 1210. The van der Waals surface area contributed by atoms with E-state index < -0.39 is 0 Å². The summed E-state index contributed by atoms with van der Waals surface area (Å²) in [5, 5.41) is 3.25. The average molecular weight is 385 g/mol. The van der Waals surface area contributed by atoms with Crippen LogP contribution in [0.15, 0.2) is 88.1 Å². The first-order valence-electron chi connectivity index (χ1n) is 9.18. The molecule has 4 rings (SSSR count). The molecule has 1 aromatic heterocycles. The van der Waals surface area contributed by atoms with E-state index in [1.807, 2.05) is 54.6 Å². The number of methoxy groups -OCH3 is 1. The molecule has 0 atom stereocenters. The second kappa shape index (κ2) is 8.02. The summed E-state index contributed by atoms with van der Waals surface area (Å²) >= 11 is 0. The molecular formula is C24H19NO4. The number of anilines is 1. The van der Waals surface area contributed by atoms with Gasteiger partial charge in [0.25, 0.3) is 0 Å². The third kappa shape index (κ3) is 4.19. The lowest BCUT2D eigenvalue weighted by Crippen LogP contribution is -2.14. The summed E-state index contributed by atoms with van der Waals surface area (Å²) in [7, 11) is 1.60. The second-order valence-electron chi connectivity index (χ2n) is 6.62. The van der Waals surface area contributed by atoms with Crippen LogP contribution in [-0.2, 0) is 11.2 Å². The summed E-state index contributed by atoms with van der Waals surface area (Å²) in [6.45, 7) is 0. The minimum atomic E-state index is -0.170. The number of hydrogen-bond acceptors (Lipinski definition) is 4. The minimum Gasteiger partial charge on any atom is -0.497 e. The van der Waals surface area contributed by atoms with Crippen LogP contribution < -0.4 is 15.5 Å². The van der Waals surface area contributed by atoms with Crippen molar-refractivity contribution >= 4 is 22.6 Å². The first-order valence-corrected chi connectivity index (χ1v) is 9.18. The number of nitrogens with one attached hydrogen (secondary N) is 1. The zero-order valence-corrected chi connectivity index (χ0v) is 15.8. The summed E-state index contributed by atoms with van der Waals surface area (Å²) in [5.74, 6) is 1.06. The van der Waals surface area contributed by atoms with Gasteiger partial charge in [0.15, 0.2) is 5.43 Å². The topological polar surface area (TPSA) is 68.5 Å². The van der Waals surface area contributed by atoms with Crippen LogP contribution in [0.2, 0.25) is 0 Å². The van der Waals surface area contributed by atoms with Gasteiger partial charge in [-0.05, 0) is 48.0 Å². The van der Waals surface area contributed by atoms with Gasteiger partial charge >= 0.3 is 0 Å². The fourth-order valence-corrected chi connectivity index (χ4v) is 3.12. The largest absolute Gasteiger partial charge is 0.497 e. The van der Waals surface area contributed by atoms with Crippen molar-refractivity contribution in [1.29, 1.82) is 0 Å². The summed E-state index contributed by atoms with van der Waals surface area (Å²) in [4.78, 5) is 24.9. The predicted molar refractivity (Wildman–Crippen MR) is 113 cm³/mol. The molecule has 4 aromatic rings. The molecule has 1 amide bonds. The molecule has 5 nitrogen and oxygen atoms in total. The monoisotopic (exact) mass is 385 g/mol. The molecule has 0 aliphatic carbocycles. The van der Waals surface area contributed by atoms with E-state index in [1.165, 1.54) is 6.07 Å². The molecule has 1 heterocycles. The highest BCUT2D eigenvalue weighted by Crippen LogP contribution is 2.25. The Balaban J connectivity index is 1.58. The number of hydrogen-bond donors (Lipinski definition) is 1. The summed E-state index contributed by atoms with van der Waals surface area (Å²) in [5.41, 5.74) is 2.56. The zero-order chi connectivity index (χ0) is 20.2. The van der Waals surface area contributed by atoms with E-state index in [9.17, 15) is 9.59 Å². The van der Waals surface area contributed by atoms with E-state index in [0.29, 0.717) is 22.4 Å². The molecular weight excluding hydrogens is 366 g/mol. The van der Waals surface area contributed by atoms with Crippen LogP contribution in [0, 0.1) is 0 Å². The van der Waals surface area contributed by atoms with Gasteiger partial charge in [-0.3, -0.25) is 9.59 Å². The lowest BCUT2D eigenvalue weighted by atomic mass is 10.1. The lowest BCUT2D eigenvalue weighted by Gasteiger charge is -2.08. The molecule has 0 saturated carbocycles. The quantitative estimate of drug-likeness (QED) is 0.543. The minimum absolute atomic E-state index is 0.144. The van der Waals surface area contributed by atoms with E-state index in [0.717, 1.165) is 16.9 Å². The molecule has 0 spiro atoms. The highest BCUT2D eigenvalue weighted by atomic mass is 16.5. The van der Waals surface area contributed by atoms with Crippen LogP contribution >= 0.6 is 0 Å². The molecule has 0 aliphatic heterocycles. The molecule has 5 heteroatoms. The number of fused-ring (bicyclic) bond motifs is 1. The van der Waals surface area contributed by atoms with Gasteiger partial charge in [0, 0.05) is 17.3 Å². The Labute approximate surface area is 167 Å². The van der Waals surface area contributed by atoms with Crippen molar-refractivity contribution in [3.63, 3.8) is 0 Å². The van der Waals surface area contributed by atoms with Crippen LogP contribution in [0.5, 0.6) is 5.75 Å².